The van der Waals surface area contributed by atoms with Gasteiger partial charge in [-0.1, -0.05) is 30.3 Å². The van der Waals surface area contributed by atoms with E-state index in [0.717, 1.165) is 12.1 Å². The molecule has 1 N–H and O–H groups in total. The van der Waals surface area contributed by atoms with Gasteiger partial charge >= 0.3 is 12.1 Å². The first-order chi connectivity index (χ1) is 13.7. The largest absolute Gasteiger partial charge is 0.465 e. The van der Waals surface area contributed by atoms with E-state index < -0.39 is 23.8 Å². The van der Waals surface area contributed by atoms with Gasteiger partial charge in [0.25, 0.3) is 0 Å². The Morgan fingerprint density at radius 2 is 1.76 bits per heavy atom. The van der Waals surface area contributed by atoms with Crippen LogP contribution in [0.25, 0.3) is 10.9 Å². The molecule has 0 saturated heterocycles. The summed E-state index contributed by atoms with van der Waals surface area (Å²) in [5.41, 5.74) is 0.866. The summed E-state index contributed by atoms with van der Waals surface area (Å²) in [6, 6.07) is 11.3. The number of halogens is 3. The Balaban J connectivity index is 1.75. The molecule has 1 heterocycles. The lowest BCUT2D eigenvalue weighted by Gasteiger charge is -2.16. The van der Waals surface area contributed by atoms with Gasteiger partial charge in [0.2, 0.25) is 5.91 Å². The molecule has 2 aromatic carbocycles. The van der Waals surface area contributed by atoms with Crippen LogP contribution in [0.4, 0.5) is 13.2 Å². The van der Waals surface area contributed by atoms with Crippen LogP contribution in [0, 0.1) is 0 Å². The Hall–Kier alpha value is -3.29. The molecular weight excluding hydrogens is 385 g/mol. The minimum atomic E-state index is -4.40. The molecule has 29 heavy (non-hydrogen) atoms. The molecule has 1 unspecified atom stereocenters. The van der Waals surface area contributed by atoms with Crippen LogP contribution in [0.1, 0.15) is 34.5 Å². The molecule has 0 radical (unpaired) electrons. The first-order valence-corrected chi connectivity index (χ1v) is 8.83. The van der Waals surface area contributed by atoms with Crippen molar-refractivity contribution in [3.8, 4) is 0 Å². The number of para-hydroxylation sites is 1. The van der Waals surface area contributed by atoms with Crippen LogP contribution in [0.15, 0.2) is 54.7 Å². The smallest absolute Gasteiger partial charge is 0.416 e. The fourth-order valence-electron chi connectivity index (χ4n) is 3.14. The molecule has 152 valence electrons. The van der Waals surface area contributed by atoms with E-state index in [4.69, 9.17) is 4.74 Å². The van der Waals surface area contributed by atoms with Crippen molar-refractivity contribution in [1.82, 2.24) is 9.88 Å². The van der Waals surface area contributed by atoms with Gasteiger partial charge in [-0.05, 0) is 30.7 Å². The molecule has 0 bridgehead atoms. The highest BCUT2D eigenvalue weighted by molar-refractivity contribution is 6.04. The number of aromatic nitrogens is 1. The van der Waals surface area contributed by atoms with Crippen molar-refractivity contribution in [3.63, 3.8) is 0 Å². The summed E-state index contributed by atoms with van der Waals surface area (Å²) in [7, 11) is 1.28. The Morgan fingerprint density at radius 1 is 1.10 bits per heavy atom. The summed E-state index contributed by atoms with van der Waals surface area (Å²) in [5, 5.41) is 3.43. The zero-order valence-electron chi connectivity index (χ0n) is 15.8. The molecule has 1 aromatic heterocycles. The summed E-state index contributed by atoms with van der Waals surface area (Å²) in [5.74, 6) is -0.840. The Labute approximate surface area is 165 Å². The standard InChI is InChI=1S/C21H19F3N2O3/c1-13(14-7-9-15(10-8-14)21(22,23)24)25-19(27)12-26-11-17(20(28)29-2)16-5-3-4-6-18(16)26/h3-11,13H,12H2,1-2H3,(H,25,27). The number of fused-ring (bicyclic) bond motifs is 1. The van der Waals surface area contributed by atoms with Gasteiger partial charge in [0.1, 0.15) is 6.54 Å². The molecule has 0 aliphatic heterocycles. The third-order valence-corrected chi connectivity index (χ3v) is 4.62. The number of benzene rings is 2. The monoisotopic (exact) mass is 404 g/mol. The minimum absolute atomic E-state index is 0.0531. The van der Waals surface area contributed by atoms with Crippen molar-refractivity contribution in [2.45, 2.75) is 25.7 Å². The quantitative estimate of drug-likeness (QED) is 0.644. The molecule has 5 nitrogen and oxygen atoms in total. The van der Waals surface area contributed by atoms with Crippen LogP contribution < -0.4 is 5.32 Å². The number of hydrogen-bond acceptors (Lipinski definition) is 3. The van der Waals surface area contributed by atoms with E-state index in [-0.39, 0.29) is 12.5 Å². The Kier molecular flexibility index (Phi) is 5.63. The molecule has 3 rings (SSSR count). The van der Waals surface area contributed by atoms with Crippen molar-refractivity contribution in [2.75, 3.05) is 7.11 Å². The first kappa shape index (κ1) is 20.4. The minimum Gasteiger partial charge on any atom is -0.465 e. The van der Waals surface area contributed by atoms with Gasteiger partial charge in [-0.3, -0.25) is 4.79 Å². The van der Waals surface area contributed by atoms with Crippen LogP contribution in [0.3, 0.4) is 0 Å². The van der Waals surface area contributed by atoms with Gasteiger partial charge in [-0.25, -0.2) is 4.79 Å². The number of amides is 1. The predicted molar refractivity (Wildman–Crippen MR) is 101 cm³/mol. The zero-order valence-corrected chi connectivity index (χ0v) is 15.8. The van der Waals surface area contributed by atoms with Gasteiger partial charge in [-0.2, -0.15) is 13.2 Å². The van der Waals surface area contributed by atoms with E-state index in [1.807, 2.05) is 0 Å². The number of rotatable bonds is 5. The average molecular weight is 404 g/mol. The number of esters is 1. The van der Waals surface area contributed by atoms with Crippen LogP contribution in [0.5, 0.6) is 0 Å². The summed E-state index contributed by atoms with van der Waals surface area (Å²) in [6.45, 7) is 1.64. The molecule has 0 saturated carbocycles. The number of nitrogens with zero attached hydrogens (tertiary/aromatic N) is 1. The molecule has 1 amide bonds. The maximum atomic E-state index is 12.7. The number of ether oxygens (including phenoxy) is 1. The van der Waals surface area contributed by atoms with Crippen LogP contribution in [-0.2, 0) is 22.3 Å². The normalized spacial score (nSPS) is 12.6. The van der Waals surface area contributed by atoms with E-state index in [1.54, 1.807) is 42.0 Å². The number of alkyl halides is 3. The lowest BCUT2D eigenvalue weighted by molar-refractivity contribution is -0.137. The maximum Gasteiger partial charge on any atom is 0.416 e. The van der Waals surface area contributed by atoms with Gasteiger partial charge in [0, 0.05) is 17.1 Å². The maximum absolute atomic E-state index is 12.7. The number of hydrogen-bond donors (Lipinski definition) is 1. The van der Waals surface area contributed by atoms with E-state index in [1.165, 1.54) is 19.2 Å². The van der Waals surface area contributed by atoms with Crippen molar-refractivity contribution in [3.05, 3.63) is 71.4 Å². The molecule has 3 aromatic rings. The summed E-state index contributed by atoms with van der Waals surface area (Å²) in [4.78, 5) is 24.5. The number of carbonyl (C=O) groups excluding carboxylic acids is 2. The van der Waals surface area contributed by atoms with Gasteiger partial charge in [0.15, 0.2) is 0 Å². The second-order valence-corrected chi connectivity index (χ2v) is 6.59. The molecule has 0 aliphatic carbocycles. The van der Waals surface area contributed by atoms with Crippen LogP contribution in [-0.4, -0.2) is 23.6 Å². The second kappa shape index (κ2) is 7.98. The number of methoxy groups -OCH3 is 1. The van der Waals surface area contributed by atoms with Crippen LogP contribution >= 0.6 is 0 Å². The van der Waals surface area contributed by atoms with E-state index in [0.29, 0.717) is 22.0 Å². The summed E-state index contributed by atoms with van der Waals surface area (Å²) >= 11 is 0. The molecule has 8 heteroatoms. The van der Waals surface area contributed by atoms with Crippen molar-refractivity contribution in [2.24, 2.45) is 0 Å². The van der Waals surface area contributed by atoms with Crippen LogP contribution in [0.2, 0.25) is 0 Å². The number of carbonyl (C=O) groups is 2. The summed E-state index contributed by atoms with van der Waals surface area (Å²) < 4.78 is 44.5. The molecule has 0 spiro atoms. The molecular formula is C21H19F3N2O3. The van der Waals surface area contributed by atoms with Crippen molar-refractivity contribution in [1.29, 1.82) is 0 Å². The highest BCUT2D eigenvalue weighted by Gasteiger charge is 2.30. The molecule has 1 atom stereocenters. The van der Waals surface area contributed by atoms with E-state index >= 15 is 0 Å². The number of nitrogens with one attached hydrogen (secondary N) is 1. The van der Waals surface area contributed by atoms with Crippen molar-refractivity contribution < 1.29 is 27.5 Å². The fraction of sp³-hybridized carbons (Fsp3) is 0.238. The van der Waals surface area contributed by atoms with E-state index in [2.05, 4.69) is 5.32 Å². The zero-order chi connectivity index (χ0) is 21.2. The van der Waals surface area contributed by atoms with E-state index in [9.17, 15) is 22.8 Å². The fourth-order valence-corrected chi connectivity index (χ4v) is 3.14. The van der Waals surface area contributed by atoms with Gasteiger partial charge < -0.3 is 14.6 Å². The first-order valence-electron chi connectivity index (χ1n) is 8.83. The highest BCUT2D eigenvalue weighted by Crippen LogP contribution is 2.30. The third-order valence-electron chi connectivity index (χ3n) is 4.62. The second-order valence-electron chi connectivity index (χ2n) is 6.59. The molecule has 0 aliphatic rings. The SMILES string of the molecule is COC(=O)c1cn(CC(=O)NC(C)c2ccc(C(F)(F)F)cc2)c2ccccc12. The lowest BCUT2D eigenvalue weighted by atomic mass is 10.1. The predicted octanol–water partition coefficient (Wildman–Crippen LogP) is 4.32. The Bertz CT molecular complexity index is 1040. The summed E-state index contributed by atoms with van der Waals surface area (Å²) in [6.07, 6.45) is -2.85. The molecule has 0 fully saturated rings. The van der Waals surface area contributed by atoms with Crippen molar-refractivity contribution >= 4 is 22.8 Å². The van der Waals surface area contributed by atoms with Gasteiger partial charge in [-0.15, -0.1) is 0 Å². The topological polar surface area (TPSA) is 60.3 Å². The van der Waals surface area contributed by atoms with Gasteiger partial charge in [0.05, 0.1) is 24.3 Å². The highest BCUT2D eigenvalue weighted by atomic mass is 19.4. The lowest BCUT2D eigenvalue weighted by Crippen LogP contribution is -2.30. The Morgan fingerprint density at radius 3 is 2.38 bits per heavy atom. The average Bonchev–Trinajstić information content (AvgIpc) is 3.05. The third kappa shape index (κ3) is 4.42.